The first-order valence-electron chi connectivity index (χ1n) is 6.97. The fraction of sp³-hybridized carbons (Fsp3) is 0. The number of rotatable bonds is 3. The molecule has 1 heterocycles. The number of amides is 2. The molecule has 0 atom stereocenters. The Balaban J connectivity index is 1.78. The summed E-state index contributed by atoms with van der Waals surface area (Å²) in [7, 11) is 0. The van der Waals surface area contributed by atoms with Gasteiger partial charge in [-0.05, 0) is 48.1 Å². The van der Waals surface area contributed by atoms with E-state index in [4.69, 9.17) is 12.2 Å². The van der Waals surface area contributed by atoms with Gasteiger partial charge in [0.15, 0.2) is 4.32 Å². The first-order valence-corrected chi connectivity index (χ1v) is 8.20. The molecule has 1 aliphatic rings. The molecule has 1 aliphatic heterocycles. The zero-order valence-corrected chi connectivity index (χ0v) is 13.9. The predicted octanol–water partition coefficient (Wildman–Crippen LogP) is 2.94. The number of benzene rings is 2. The lowest BCUT2D eigenvalue weighted by molar-refractivity contribution is -0.123. The fourth-order valence-corrected chi connectivity index (χ4v) is 3.27. The van der Waals surface area contributed by atoms with Crippen LogP contribution in [0.3, 0.4) is 0 Å². The number of hydrogen-bond donors (Lipinski definition) is 2. The Hall–Kier alpha value is -2.64. The second-order valence-electron chi connectivity index (χ2n) is 4.92. The summed E-state index contributed by atoms with van der Waals surface area (Å²) < 4.78 is 0.246. The number of hydrazine groups is 1. The van der Waals surface area contributed by atoms with Crippen LogP contribution >= 0.6 is 24.0 Å². The van der Waals surface area contributed by atoms with Crippen LogP contribution in [0.15, 0.2) is 59.5 Å². The lowest BCUT2D eigenvalue weighted by Crippen LogP contribution is -2.44. The van der Waals surface area contributed by atoms with Crippen molar-refractivity contribution in [1.82, 2.24) is 10.4 Å². The molecule has 0 radical (unpaired) electrons. The SMILES string of the molecule is O=C(NN1C(=O)/C(=C/c2cccc(O)c2)SC1=S)c1ccccc1. The molecule has 0 saturated carbocycles. The molecule has 24 heavy (non-hydrogen) atoms. The van der Waals surface area contributed by atoms with Gasteiger partial charge < -0.3 is 5.11 Å². The fourth-order valence-electron chi connectivity index (χ4n) is 2.09. The number of aromatic hydroxyl groups is 1. The van der Waals surface area contributed by atoms with Crippen molar-refractivity contribution in [3.8, 4) is 5.75 Å². The van der Waals surface area contributed by atoms with Crippen molar-refractivity contribution in [3.05, 3.63) is 70.6 Å². The molecular formula is C17H12N2O3S2. The van der Waals surface area contributed by atoms with Crippen LogP contribution in [0.5, 0.6) is 5.75 Å². The molecule has 0 aliphatic carbocycles. The number of hydrogen-bond acceptors (Lipinski definition) is 5. The first kappa shape index (κ1) is 16.2. The lowest BCUT2D eigenvalue weighted by atomic mass is 10.2. The van der Waals surface area contributed by atoms with Gasteiger partial charge in [0, 0.05) is 5.56 Å². The molecule has 0 aromatic heterocycles. The monoisotopic (exact) mass is 356 g/mol. The van der Waals surface area contributed by atoms with Gasteiger partial charge in [0.05, 0.1) is 4.91 Å². The molecule has 0 spiro atoms. The zero-order chi connectivity index (χ0) is 17.1. The summed E-state index contributed by atoms with van der Waals surface area (Å²) in [6, 6.07) is 15.1. The Labute approximate surface area is 147 Å². The smallest absolute Gasteiger partial charge is 0.285 e. The summed E-state index contributed by atoms with van der Waals surface area (Å²) in [6.07, 6.45) is 1.62. The number of nitrogens with zero attached hydrogens (tertiary/aromatic N) is 1. The van der Waals surface area contributed by atoms with Gasteiger partial charge in [-0.25, -0.2) is 0 Å². The third-order valence-electron chi connectivity index (χ3n) is 3.21. The lowest BCUT2D eigenvalue weighted by Gasteiger charge is -2.15. The molecule has 2 amide bonds. The van der Waals surface area contributed by atoms with Gasteiger partial charge in [0.25, 0.3) is 11.8 Å². The minimum atomic E-state index is -0.412. The van der Waals surface area contributed by atoms with Gasteiger partial charge in [0.2, 0.25) is 0 Å². The van der Waals surface area contributed by atoms with Gasteiger partial charge in [-0.1, -0.05) is 42.1 Å². The molecule has 1 fully saturated rings. The van der Waals surface area contributed by atoms with Crippen molar-refractivity contribution in [2.45, 2.75) is 0 Å². The maximum absolute atomic E-state index is 12.4. The van der Waals surface area contributed by atoms with Crippen molar-refractivity contribution in [1.29, 1.82) is 0 Å². The Morgan fingerprint density at radius 2 is 1.92 bits per heavy atom. The first-order chi connectivity index (χ1) is 11.5. The number of carbonyl (C=O) groups excluding carboxylic acids is 2. The van der Waals surface area contributed by atoms with Crippen LogP contribution in [0.25, 0.3) is 6.08 Å². The van der Waals surface area contributed by atoms with E-state index in [1.54, 1.807) is 54.6 Å². The van der Waals surface area contributed by atoms with Crippen molar-refractivity contribution < 1.29 is 14.7 Å². The molecule has 0 unspecified atom stereocenters. The second kappa shape index (κ2) is 6.86. The van der Waals surface area contributed by atoms with Gasteiger partial charge in [-0.3, -0.25) is 15.0 Å². The van der Waals surface area contributed by atoms with Crippen molar-refractivity contribution >= 4 is 46.2 Å². The van der Waals surface area contributed by atoms with Crippen molar-refractivity contribution in [2.24, 2.45) is 0 Å². The topological polar surface area (TPSA) is 69.6 Å². The molecule has 2 N–H and O–H groups in total. The Bertz CT molecular complexity index is 850. The van der Waals surface area contributed by atoms with Gasteiger partial charge in [-0.15, -0.1) is 0 Å². The third kappa shape index (κ3) is 3.47. The minimum absolute atomic E-state index is 0.108. The van der Waals surface area contributed by atoms with Crippen LogP contribution in [0.2, 0.25) is 0 Å². The minimum Gasteiger partial charge on any atom is -0.508 e. The highest BCUT2D eigenvalue weighted by Gasteiger charge is 2.33. The summed E-state index contributed by atoms with van der Waals surface area (Å²) in [5.41, 5.74) is 3.62. The van der Waals surface area contributed by atoms with Crippen LogP contribution < -0.4 is 5.43 Å². The van der Waals surface area contributed by atoms with Crippen molar-refractivity contribution in [3.63, 3.8) is 0 Å². The van der Waals surface area contributed by atoms with Crippen LogP contribution in [-0.4, -0.2) is 26.3 Å². The van der Waals surface area contributed by atoms with E-state index in [-0.39, 0.29) is 10.1 Å². The number of phenols is 1. The standard InChI is InChI=1S/C17H12N2O3S2/c20-13-8-4-5-11(9-13)10-14-16(22)19(17(23)24-14)18-15(21)12-6-2-1-3-7-12/h1-10,20H,(H,18,21)/b14-10-. The van der Waals surface area contributed by atoms with Gasteiger partial charge >= 0.3 is 0 Å². The van der Waals surface area contributed by atoms with E-state index < -0.39 is 11.8 Å². The highest BCUT2D eigenvalue weighted by atomic mass is 32.2. The molecule has 5 nitrogen and oxygen atoms in total. The number of carbonyl (C=O) groups is 2. The van der Waals surface area contributed by atoms with Crippen LogP contribution in [0, 0.1) is 0 Å². The summed E-state index contributed by atoms with van der Waals surface area (Å²) in [6.45, 7) is 0. The Morgan fingerprint density at radius 3 is 2.62 bits per heavy atom. The maximum atomic E-state index is 12.4. The highest BCUT2D eigenvalue weighted by Crippen LogP contribution is 2.31. The molecule has 3 rings (SSSR count). The average Bonchev–Trinajstić information content (AvgIpc) is 2.83. The molecule has 2 aromatic carbocycles. The maximum Gasteiger partial charge on any atom is 0.285 e. The molecule has 1 saturated heterocycles. The van der Waals surface area contributed by atoms with Crippen molar-refractivity contribution in [2.75, 3.05) is 0 Å². The van der Waals surface area contributed by atoms with E-state index in [0.717, 1.165) is 16.8 Å². The van der Waals surface area contributed by atoms with E-state index in [1.165, 1.54) is 6.07 Å². The van der Waals surface area contributed by atoms with E-state index in [0.29, 0.717) is 16.0 Å². The van der Waals surface area contributed by atoms with E-state index >= 15 is 0 Å². The van der Waals surface area contributed by atoms with E-state index in [2.05, 4.69) is 5.43 Å². The second-order valence-corrected chi connectivity index (χ2v) is 6.59. The van der Waals surface area contributed by atoms with E-state index in [9.17, 15) is 14.7 Å². The Kier molecular flexibility index (Phi) is 4.64. The molecular weight excluding hydrogens is 344 g/mol. The molecule has 2 aromatic rings. The summed E-state index contributed by atoms with van der Waals surface area (Å²) >= 11 is 6.26. The number of phenolic OH excluding ortho intramolecular Hbond substituents is 1. The van der Waals surface area contributed by atoms with Crippen LogP contribution in [0.4, 0.5) is 0 Å². The van der Waals surface area contributed by atoms with Crippen LogP contribution in [-0.2, 0) is 4.79 Å². The number of nitrogens with one attached hydrogen (secondary N) is 1. The zero-order valence-electron chi connectivity index (χ0n) is 12.3. The molecule has 7 heteroatoms. The summed E-state index contributed by atoms with van der Waals surface area (Å²) in [5, 5.41) is 10.5. The summed E-state index contributed by atoms with van der Waals surface area (Å²) in [5.74, 6) is -0.709. The normalized spacial score (nSPS) is 15.8. The van der Waals surface area contributed by atoms with Gasteiger partial charge in [0.1, 0.15) is 5.75 Å². The van der Waals surface area contributed by atoms with Gasteiger partial charge in [-0.2, -0.15) is 5.01 Å². The largest absolute Gasteiger partial charge is 0.508 e. The third-order valence-corrected chi connectivity index (χ3v) is 4.51. The molecule has 0 bridgehead atoms. The highest BCUT2D eigenvalue weighted by molar-refractivity contribution is 8.26. The van der Waals surface area contributed by atoms with Crippen LogP contribution in [0.1, 0.15) is 15.9 Å². The summed E-state index contributed by atoms with van der Waals surface area (Å²) in [4.78, 5) is 25.0. The van der Waals surface area contributed by atoms with E-state index in [1.807, 2.05) is 0 Å². The average molecular weight is 356 g/mol. The Morgan fingerprint density at radius 1 is 1.17 bits per heavy atom. The molecule has 120 valence electrons. The quantitative estimate of drug-likeness (QED) is 0.654. The number of thioether (sulfide) groups is 1. The predicted molar refractivity (Wildman–Crippen MR) is 97.0 cm³/mol. The number of thiocarbonyl (C=S) groups is 1.